The van der Waals surface area contributed by atoms with Crippen molar-refractivity contribution in [3.63, 3.8) is 0 Å². The van der Waals surface area contributed by atoms with E-state index in [2.05, 4.69) is 10.5 Å². The van der Waals surface area contributed by atoms with Crippen molar-refractivity contribution in [1.29, 1.82) is 0 Å². The van der Waals surface area contributed by atoms with Gasteiger partial charge >= 0.3 is 12.1 Å². The number of hydrogen-bond donors (Lipinski definition) is 1. The molecule has 28 heavy (non-hydrogen) atoms. The molecule has 150 valence electrons. The fourth-order valence-corrected chi connectivity index (χ4v) is 2.90. The van der Waals surface area contributed by atoms with Crippen LogP contribution < -0.4 is 10.2 Å². The molecule has 0 spiro atoms. The molecule has 0 radical (unpaired) electrons. The Bertz CT molecular complexity index is 828. The summed E-state index contributed by atoms with van der Waals surface area (Å²) in [5.41, 5.74) is 0.783. The van der Waals surface area contributed by atoms with E-state index in [1.165, 1.54) is 24.0 Å². The van der Waals surface area contributed by atoms with E-state index >= 15 is 0 Å². The van der Waals surface area contributed by atoms with Gasteiger partial charge in [-0.25, -0.2) is 14.0 Å². The second kappa shape index (κ2) is 8.24. The van der Waals surface area contributed by atoms with Crippen molar-refractivity contribution < 1.29 is 33.1 Å². The van der Waals surface area contributed by atoms with Crippen LogP contribution in [0.5, 0.6) is 0 Å². The monoisotopic (exact) mass is 393 g/mol. The zero-order valence-corrected chi connectivity index (χ0v) is 15.4. The zero-order valence-electron chi connectivity index (χ0n) is 15.4. The molecule has 1 aromatic carbocycles. The van der Waals surface area contributed by atoms with Crippen LogP contribution >= 0.6 is 0 Å². The maximum atomic E-state index is 14.6. The molecule has 2 aliphatic heterocycles. The highest BCUT2D eigenvalue weighted by molar-refractivity contribution is 6.04. The second-order valence-electron chi connectivity index (χ2n) is 6.31. The summed E-state index contributed by atoms with van der Waals surface area (Å²) in [7, 11) is 0. The minimum Gasteiger partial charge on any atom is -0.463 e. The summed E-state index contributed by atoms with van der Waals surface area (Å²) < 4.78 is 24.7. The molecular formula is C18H20FN3O6. The van der Waals surface area contributed by atoms with E-state index in [0.717, 1.165) is 0 Å². The van der Waals surface area contributed by atoms with Crippen molar-refractivity contribution in [3.8, 4) is 0 Å². The van der Waals surface area contributed by atoms with E-state index in [1.807, 2.05) is 0 Å². The molecule has 0 saturated carbocycles. The van der Waals surface area contributed by atoms with Gasteiger partial charge in [-0.2, -0.15) is 0 Å². The molecule has 1 N–H and O–H groups in total. The van der Waals surface area contributed by atoms with E-state index in [9.17, 15) is 18.8 Å². The maximum absolute atomic E-state index is 14.6. The van der Waals surface area contributed by atoms with Gasteiger partial charge in [0.2, 0.25) is 12.0 Å². The minimum atomic E-state index is -0.892. The molecule has 2 aliphatic rings. The molecule has 1 aromatic rings. The summed E-state index contributed by atoms with van der Waals surface area (Å²) in [6, 6.07) is 4.22. The summed E-state index contributed by atoms with van der Waals surface area (Å²) in [4.78, 5) is 41.0. The average Bonchev–Trinajstić information content (AvgIpc) is 3.27. The van der Waals surface area contributed by atoms with Crippen molar-refractivity contribution in [3.05, 3.63) is 29.6 Å². The highest BCUT2D eigenvalue weighted by atomic mass is 19.1. The fraction of sp³-hybridized carbons (Fsp3) is 0.444. The number of hydrogen-bond acceptors (Lipinski definition) is 7. The number of carbonyl (C=O) groups excluding carboxylic acids is 3. The Morgan fingerprint density at radius 2 is 2.21 bits per heavy atom. The van der Waals surface area contributed by atoms with Gasteiger partial charge < -0.3 is 19.6 Å². The van der Waals surface area contributed by atoms with Crippen LogP contribution in [-0.2, 0) is 23.9 Å². The van der Waals surface area contributed by atoms with Gasteiger partial charge in [0, 0.05) is 18.9 Å². The van der Waals surface area contributed by atoms with E-state index < -0.39 is 30.1 Å². The molecule has 9 nitrogen and oxygen atoms in total. The van der Waals surface area contributed by atoms with Crippen LogP contribution in [0.3, 0.4) is 0 Å². The van der Waals surface area contributed by atoms with Crippen molar-refractivity contribution in [2.24, 2.45) is 5.16 Å². The van der Waals surface area contributed by atoms with Crippen LogP contribution in [-0.4, -0.2) is 55.6 Å². The molecule has 2 amide bonds. The highest BCUT2D eigenvalue weighted by Crippen LogP contribution is 2.26. The first-order chi connectivity index (χ1) is 13.4. The third kappa shape index (κ3) is 4.21. The topological polar surface area (TPSA) is 107 Å². The largest absolute Gasteiger partial charge is 0.463 e. The molecule has 3 rings (SSSR count). The number of esters is 1. The summed E-state index contributed by atoms with van der Waals surface area (Å²) in [6.45, 7) is 3.63. The Morgan fingerprint density at radius 3 is 2.89 bits per heavy atom. The zero-order chi connectivity index (χ0) is 20.3. The molecule has 0 aromatic heterocycles. The van der Waals surface area contributed by atoms with E-state index in [4.69, 9.17) is 14.3 Å². The molecule has 2 heterocycles. The number of nitrogens with zero attached hydrogens (tertiary/aromatic N) is 2. The number of rotatable bonds is 6. The van der Waals surface area contributed by atoms with E-state index in [-0.39, 0.29) is 43.3 Å². The number of oxime groups is 1. The first-order valence-corrected chi connectivity index (χ1v) is 8.80. The van der Waals surface area contributed by atoms with Crippen LogP contribution in [0.25, 0.3) is 0 Å². The van der Waals surface area contributed by atoms with E-state index in [1.54, 1.807) is 13.0 Å². The summed E-state index contributed by atoms with van der Waals surface area (Å²) in [5, 5.41) is 6.35. The Labute approximate surface area is 160 Å². The average molecular weight is 393 g/mol. The van der Waals surface area contributed by atoms with Crippen molar-refractivity contribution in [2.75, 3.05) is 24.6 Å². The smallest absolute Gasteiger partial charge is 0.414 e. The minimum absolute atomic E-state index is 0.0969. The van der Waals surface area contributed by atoms with Crippen LogP contribution in [0.4, 0.5) is 14.9 Å². The Morgan fingerprint density at radius 1 is 1.43 bits per heavy atom. The number of benzene rings is 1. The molecule has 0 bridgehead atoms. The Hall–Kier alpha value is -3.17. The van der Waals surface area contributed by atoms with Crippen LogP contribution in [0.2, 0.25) is 0 Å². The predicted molar refractivity (Wildman–Crippen MR) is 95.4 cm³/mol. The van der Waals surface area contributed by atoms with E-state index in [0.29, 0.717) is 5.69 Å². The third-order valence-electron chi connectivity index (χ3n) is 4.25. The first kappa shape index (κ1) is 19.6. The molecule has 1 saturated heterocycles. The fourth-order valence-electron chi connectivity index (χ4n) is 2.90. The molecule has 10 heteroatoms. The number of nitrogens with one attached hydrogen (secondary N) is 1. The molecule has 2 atom stereocenters. The lowest BCUT2D eigenvalue weighted by atomic mass is 10.0. The first-order valence-electron chi connectivity index (χ1n) is 8.80. The summed E-state index contributed by atoms with van der Waals surface area (Å²) in [6.07, 6.45) is -1.93. The Kier molecular flexibility index (Phi) is 5.76. The van der Waals surface area contributed by atoms with Gasteiger partial charge in [-0.3, -0.25) is 9.69 Å². The van der Waals surface area contributed by atoms with Gasteiger partial charge in [-0.1, -0.05) is 5.16 Å². The van der Waals surface area contributed by atoms with Gasteiger partial charge in [0.1, 0.15) is 11.9 Å². The molecule has 0 aliphatic carbocycles. The van der Waals surface area contributed by atoms with Crippen molar-refractivity contribution in [1.82, 2.24) is 5.32 Å². The van der Waals surface area contributed by atoms with Crippen molar-refractivity contribution in [2.45, 2.75) is 32.5 Å². The second-order valence-corrected chi connectivity index (χ2v) is 6.31. The van der Waals surface area contributed by atoms with Gasteiger partial charge in [0.05, 0.1) is 31.1 Å². The molecule has 1 fully saturated rings. The Balaban J connectivity index is 1.67. The van der Waals surface area contributed by atoms with Gasteiger partial charge in [-0.15, -0.1) is 0 Å². The highest BCUT2D eigenvalue weighted by Gasteiger charge is 2.34. The van der Waals surface area contributed by atoms with Gasteiger partial charge in [-0.05, 0) is 25.1 Å². The molecule has 1 unspecified atom stereocenters. The molecular weight excluding hydrogens is 373 g/mol. The van der Waals surface area contributed by atoms with Crippen LogP contribution in [0.15, 0.2) is 23.4 Å². The SMILES string of the molecule is CCOC(=O)C1CC(c2ccc(N3C[C@H](CNC(C)=O)OC3=O)cc2F)=NO1. The number of halogens is 1. The van der Waals surface area contributed by atoms with Crippen LogP contribution in [0, 0.1) is 5.82 Å². The lowest BCUT2D eigenvalue weighted by molar-refractivity contribution is -0.154. The summed E-state index contributed by atoms with van der Waals surface area (Å²) >= 11 is 0. The standard InChI is InChI=1S/C18H20FN3O6/c1-3-26-17(24)16-7-15(21-28-16)13-5-4-11(6-14(13)19)22-9-12(27-18(22)25)8-20-10(2)23/h4-6,12,16H,3,7-9H2,1-2H3,(H,20,23)/t12-,16?/m0/s1. The normalized spacial score (nSPS) is 21.0. The quantitative estimate of drug-likeness (QED) is 0.731. The lowest BCUT2D eigenvalue weighted by Crippen LogP contribution is -2.33. The number of cyclic esters (lactones) is 1. The maximum Gasteiger partial charge on any atom is 0.414 e. The summed E-state index contributed by atoms with van der Waals surface area (Å²) in [5.74, 6) is -1.39. The van der Waals surface area contributed by atoms with Crippen molar-refractivity contribution >= 4 is 29.4 Å². The predicted octanol–water partition coefficient (Wildman–Crippen LogP) is 1.34. The third-order valence-corrected chi connectivity index (χ3v) is 4.25. The number of ether oxygens (including phenoxy) is 2. The van der Waals surface area contributed by atoms with Crippen LogP contribution in [0.1, 0.15) is 25.8 Å². The lowest BCUT2D eigenvalue weighted by Gasteiger charge is -2.14. The number of anilines is 1. The number of amides is 2. The van der Waals surface area contributed by atoms with Gasteiger partial charge in [0.25, 0.3) is 0 Å². The number of carbonyl (C=O) groups is 3. The van der Waals surface area contributed by atoms with Gasteiger partial charge in [0.15, 0.2) is 0 Å².